The van der Waals surface area contributed by atoms with E-state index in [9.17, 15) is 14.4 Å². The van der Waals surface area contributed by atoms with Gasteiger partial charge in [-0.2, -0.15) is 0 Å². The number of carbonyl (C=O) groups is 3. The lowest BCUT2D eigenvalue weighted by atomic mass is 9.84. The van der Waals surface area contributed by atoms with Gasteiger partial charge in [0, 0.05) is 25.0 Å². The number of fused-ring (bicyclic) bond motifs is 2. The van der Waals surface area contributed by atoms with Gasteiger partial charge in [-0.05, 0) is 46.5 Å². The average Bonchev–Trinajstić information content (AvgIpc) is 3.11. The summed E-state index contributed by atoms with van der Waals surface area (Å²) in [5.41, 5.74) is -1.56. The SMILES string of the molecule is CC(C)N[C@]1(C)CCCCC=CCOC(=O)N2CC[C@@](C(=O)C(C)C)(C2)NCC1=O. The maximum absolute atomic E-state index is 13.3. The molecule has 0 aromatic heterocycles. The molecule has 0 aliphatic carbocycles. The summed E-state index contributed by atoms with van der Waals surface area (Å²) >= 11 is 0. The van der Waals surface area contributed by atoms with E-state index in [-0.39, 0.29) is 43.2 Å². The lowest BCUT2D eigenvalue weighted by Crippen LogP contribution is -2.61. The molecular weight excluding hydrogens is 382 g/mol. The smallest absolute Gasteiger partial charge is 0.410 e. The molecule has 1 fully saturated rings. The number of Topliss-reactive ketones (excluding diaryl/α,β-unsaturated/α-hetero) is 2. The molecule has 0 aromatic carbocycles. The van der Waals surface area contributed by atoms with Crippen LogP contribution in [-0.2, 0) is 14.3 Å². The normalized spacial score (nSPS) is 29.5. The van der Waals surface area contributed by atoms with Gasteiger partial charge in [0.2, 0.25) is 0 Å². The predicted octanol–water partition coefficient (Wildman–Crippen LogP) is 2.84. The number of ketones is 2. The molecule has 7 nitrogen and oxygen atoms in total. The first-order valence-electron chi connectivity index (χ1n) is 11.3. The predicted molar refractivity (Wildman–Crippen MR) is 117 cm³/mol. The molecule has 0 unspecified atom stereocenters. The summed E-state index contributed by atoms with van der Waals surface area (Å²) in [5.74, 6) is -0.113. The fourth-order valence-corrected chi connectivity index (χ4v) is 4.46. The van der Waals surface area contributed by atoms with Crippen LogP contribution >= 0.6 is 0 Å². The molecule has 2 bridgehead atoms. The highest BCUT2D eigenvalue weighted by molar-refractivity contribution is 5.94. The fraction of sp³-hybridized carbons (Fsp3) is 0.783. The highest BCUT2D eigenvalue weighted by Crippen LogP contribution is 2.27. The van der Waals surface area contributed by atoms with Crippen LogP contribution in [0.5, 0.6) is 0 Å². The van der Waals surface area contributed by atoms with Gasteiger partial charge in [-0.15, -0.1) is 0 Å². The number of hydrogen-bond donors (Lipinski definition) is 2. The first-order chi connectivity index (χ1) is 14.1. The van der Waals surface area contributed by atoms with Crippen LogP contribution in [0.25, 0.3) is 0 Å². The summed E-state index contributed by atoms with van der Waals surface area (Å²) in [5, 5.41) is 6.73. The molecule has 2 atom stereocenters. The second-order valence-electron chi connectivity index (χ2n) is 9.47. The Labute approximate surface area is 181 Å². The van der Waals surface area contributed by atoms with E-state index >= 15 is 0 Å². The zero-order chi connectivity index (χ0) is 22.4. The third kappa shape index (κ3) is 6.14. The van der Waals surface area contributed by atoms with E-state index in [1.807, 2.05) is 46.8 Å². The topological polar surface area (TPSA) is 87.7 Å². The summed E-state index contributed by atoms with van der Waals surface area (Å²) < 4.78 is 5.34. The Morgan fingerprint density at radius 3 is 2.57 bits per heavy atom. The summed E-state index contributed by atoms with van der Waals surface area (Å²) in [4.78, 5) is 40.4. The van der Waals surface area contributed by atoms with Crippen LogP contribution in [0, 0.1) is 5.92 Å². The minimum absolute atomic E-state index is 0.0325. The number of hydrogen-bond acceptors (Lipinski definition) is 6. The van der Waals surface area contributed by atoms with Crippen molar-refractivity contribution in [1.29, 1.82) is 0 Å². The average molecular weight is 422 g/mol. The van der Waals surface area contributed by atoms with Crippen molar-refractivity contribution >= 4 is 17.7 Å². The van der Waals surface area contributed by atoms with Gasteiger partial charge in [-0.1, -0.05) is 32.4 Å². The van der Waals surface area contributed by atoms with Crippen molar-refractivity contribution in [2.45, 2.75) is 83.8 Å². The summed E-state index contributed by atoms with van der Waals surface area (Å²) in [6, 6.07) is 0.174. The Kier molecular flexibility index (Phi) is 8.62. The van der Waals surface area contributed by atoms with Crippen molar-refractivity contribution in [2.24, 2.45) is 5.92 Å². The van der Waals surface area contributed by atoms with Crippen molar-refractivity contribution in [3.63, 3.8) is 0 Å². The molecule has 2 aliphatic heterocycles. The Hall–Kier alpha value is -1.73. The van der Waals surface area contributed by atoms with Crippen LogP contribution in [0.15, 0.2) is 12.2 Å². The van der Waals surface area contributed by atoms with Crippen LogP contribution in [0.2, 0.25) is 0 Å². The molecule has 0 radical (unpaired) electrons. The number of nitrogens with one attached hydrogen (secondary N) is 2. The fourth-order valence-electron chi connectivity index (χ4n) is 4.46. The minimum Gasteiger partial charge on any atom is -0.445 e. The Morgan fingerprint density at radius 1 is 1.17 bits per heavy atom. The van der Waals surface area contributed by atoms with Gasteiger partial charge in [0.15, 0.2) is 11.6 Å². The molecule has 2 rings (SSSR count). The summed E-state index contributed by atoms with van der Waals surface area (Å²) in [6.45, 7) is 10.8. The third-order valence-corrected chi connectivity index (χ3v) is 6.10. The van der Waals surface area contributed by atoms with Crippen LogP contribution in [0.4, 0.5) is 4.79 Å². The van der Waals surface area contributed by atoms with Gasteiger partial charge in [0.05, 0.1) is 17.6 Å². The summed E-state index contributed by atoms with van der Waals surface area (Å²) in [6.07, 6.45) is 7.45. The molecule has 1 amide bonds. The molecule has 2 heterocycles. The number of allylic oxidation sites excluding steroid dienone is 1. The molecular formula is C23H39N3O4. The molecule has 1 saturated heterocycles. The Morgan fingerprint density at radius 2 is 1.90 bits per heavy atom. The second-order valence-corrected chi connectivity index (χ2v) is 9.47. The van der Waals surface area contributed by atoms with E-state index < -0.39 is 17.2 Å². The van der Waals surface area contributed by atoms with E-state index in [2.05, 4.69) is 10.6 Å². The largest absolute Gasteiger partial charge is 0.445 e. The van der Waals surface area contributed by atoms with E-state index in [4.69, 9.17) is 4.74 Å². The molecule has 2 N–H and O–H groups in total. The number of amides is 1. The molecule has 0 saturated carbocycles. The van der Waals surface area contributed by atoms with Crippen LogP contribution in [0.3, 0.4) is 0 Å². The number of ether oxygens (including phenoxy) is 1. The summed E-state index contributed by atoms with van der Waals surface area (Å²) in [7, 11) is 0. The monoisotopic (exact) mass is 421 g/mol. The van der Waals surface area contributed by atoms with Crippen LogP contribution < -0.4 is 10.6 Å². The third-order valence-electron chi connectivity index (χ3n) is 6.10. The van der Waals surface area contributed by atoms with Crippen LogP contribution in [0.1, 0.15) is 66.7 Å². The van der Waals surface area contributed by atoms with Gasteiger partial charge in [0.25, 0.3) is 0 Å². The lowest BCUT2D eigenvalue weighted by molar-refractivity contribution is -0.129. The number of carbonyl (C=O) groups excluding carboxylic acids is 3. The van der Waals surface area contributed by atoms with Crippen molar-refractivity contribution in [3.05, 3.63) is 12.2 Å². The van der Waals surface area contributed by atoms with Crippen molar-refractivity contribution in [2.75, 3.05) is 26.2 Å². The molecule has 0 spiro atoms. The quantitative estimate of drug-likeness (QED) is 0.679. The van der Waals surface area contributed by atoms with E-state index in [0.717, 1.165) is 25.7 Å². The second kappa shape index (κ2) is 10.5. The van der Waals surface area contributed by atoms with Gasteiger partial charge in [-0.25, -0.2) is 4.79 Å². The molecule has 7 heteroatoms. The maximum atomic E-state index is 13.3. The van der Waals surface area contributed by atoms with Gasteiger partial charge in [-0.3, -0.25) is 14.9 Å². The van der Waals surface area contributed by atoms with E-state index in [1.165, 1.54) is 0 Å². The van der Waals surface area contributed by atoms with Crippen molar-refractivity contribution < 1.29 is 19.1 Å². The first-order valence-corrected chi connectivity index (χ1v) is 11.3. The van der Waals surface area contributed by atoms with E-state index in [1.54, 1.807) is 4.90 Å². The van der Waals surface area contributed by atoms with Crippen molar-refractivity contribution in [1.82, 2.24) is 15.5 Å². The molecule has 2 aliphatic rings. The number of cyclic esters (lactones) is 1. The van der Waals surface area contributed by atoms with Gasteiger partial charge >= 0.3 is 6.09 Å². The zero-order valence-electron chi connectivity index (χ0n) is 19.3. The zero-order valence-corrected chi connectivity index (χ0v) is 19.3. The van der Waals surface area contributed by atoms with Crippen LogP contribution in [-0.4, -0.2) is 65.9 Å². The Balaban J connectivity index is 2.28. The molecule has 0 aromatic rings. The highest BCUT2D eigenvalue weighted by Gasteiger charge is 2.47. The standard InChI is InChI=1S/C23H39N3O4/c1-17(2)20(28)23-12-13-26(16-23)21(29)30-14-10-8-6-7-9-11-22(5,25-18(3)4)19(27)15-24-23/h8,10,17-18,24-25H,6-7,9,11-16H2,1-5H3/t22-,23+/m1/s1. The number of rotatable bonds is 4. The molecule has 30 heavy (non-hydrogen) atoms. The lowest BCUT2D eigenvalue weighted by Gasteiger charge is -2.35. The molecule has 170 valence electrons. The van der Waals surface area contributed by atoms with Gasteiger partial charge < -0.3 is 15.0 Å². The van der Waals surface area contributed by atoms with E-state index in [0.29, 0.717) is 13.0 Å². The Bertz CT molecular complexity index is 661. The maximum Gasteiger partial charge on any atom is 0.410 e. The highest BCUT2D eigenvalue weighted by atomic mass is 16.6. The van der Waals surface area contributed by atoms with Gasteiger partial charge in [0.1, 0.15) is 6.61 Å². The number of nitrogens with zero attached hydrogens (tertiary/aromatic N) is 1. The van der Waals surface area contributed by atoms with Crippen molar-refractivity contribution in [3.8, 4) is 0 Å². The minimum atomic E-state index is -0.908. The first kappa shape index (κ1) is 24.5.